The van der Waals surface area contributed by atoms with Crippen LogP contribution in [0.1, 0.15) is 32.6 Å². The van der Waals surface area contributed by atoms with Crippen molar-refractivity contribution in [2.45, 2.75) is 51.4 Å². The highest BCUT2D eigenvalue weighted by Crippen LogP contribution is 2.20. The van der Waals surface area contributed by atoms with E-state index >= 15 is 0 Å². The first kappa shape index (κ1) is 20.0. The third kappa shape index (κ3) is 5.17. The van der Waals surface area contributed by atoms with E-state index in [1.165, 1.54) is 4.68 Å². The number of halogens is 1. The van der Waals surface area contributed by atoms with Gasteiger partial charge in [-0.1, -0.05) is 13.3 Å². The van der Waals surface area contributed by atoms with Crippen LogP contribution in [0.25, 0.3) is 0 Å². The largest absolute Gasteiger partial charge is 0.355 e. The van der Waals surface area contributed by atoms with Crippen molar-refractivity contribution in [1.29, 1.82) is 0 Å². The Balaban J connectivity index is 1.48. The molecular formula is C19H28FN7O. The van der Waals surface area contributed by atoms with E-state index in [1.807, 2.05) is 19.1 Å². The van der Waals surface area contributed by atoms with Crippen molar-refractivity contribution >= 4 is 17.7 Å². The number of carbonyl (C=O) groups is 1. The molecule has 1 N–H and O–H groups in total. The summed E-state index contributed by atoms with van der Waals surface area (Å²) in [5, 5.41) is 15.1. The molecule has 8 nitrogen and oxygen atoms in total. The van der Waals surface area contributed by atoms with Crippen molar-refractivity contribution < 1.29 is 9.18 Å². The number of piperidine rings is 1. The van der Waals surface area contributed by atoms with Crippen LogP contribution in [0.2, 0.25) is 0 Å². The van der Waals surface area contributed by atoms with Crippen LogP contribution in [-0.4, -0.2) is 63.3 Å². The lowest BCUT2D eigenvalue weighted by molar-refractivity contribution is 0.192. The molecule has 1 fully saturated rings. The molecular weight excluding hydrogens is 361 g/mol. The Hall–Kier alpha value is -2.71. The molecule has 0 saturated carbocycles. The zero-order chi connectivity index (χ0) is 19.9. The van der Waals surface area contributed by atoms with E-state index in [-0.39, 0.29) is 18.6 Å². The first-order valence-corrected chi connectivity index (χ1v) is 9.80. The third-order valence-electron chi connectivity index (χ3n) is 5.08. The molecule has 0 bridgehead atoms. The van der Waals surface area contributed by atoms with Gasteiger partial charge in [-0.25, -0.2) is 9.18 Å². The van der Waals surface area contributed by atoms with Gasteiger partial charge in [0, 0.05) is 44.6 Å². The molecule has 0 aliphatic carbocycles. The molecule has 9 heteroatoms. The Morgan fingerprint density at radius 1 is 1.39 bits per heavy atom. The van der Waals surface area contributed by atoms with Crippen LogP contribution < -0.4 is 10.2 Å². The molecule has 152 valence electrons. The molecule has 3 heterocycles. The zero-order valence-corrected chi connectivity index (χ0v) is 16.5. The summed E-state index contributed by atoms with van der Waals surface area (Å²) in [5.74, 6) is 1.31. The van der Waals surface area contributed by atoms with E-state index in [4.69, 9.17) is 0 Å². The van der Waals surface area contributed by atoms with Crippen LogP contribution in [0.15, 0.2) is 30.6 Å². The Morgan fingerprint density at radius 2 is 2.18 bits per heavy atom. The lowest BCUT2D eigenvalue weighted by atomic mass is 10.0. The number of nitrogens with one attached hydrogen (secondary N) is 1. The number of amides is 2. The van der Waals surface area contributed by atoms with Gasteiger partial charge in [-0.3, -0.25) is 10.00 Å². The Labute approximate surface area is 164 Å². The van der Waals surface area contributed by atoms with Crippen molar-refractivity contribution in [3.05, 3.63) is 30.6 Å². The summed E-state index contributed by atoms with van der Waals surface area (Å²) in [7, 11) is 1.80. The van der Waals surface area contributed by atoms with Crippen molar-refractivity contribution in [3.63, 3.8) is 0 Å². The Bertz CT molecular complexity index is 746. The Morgan fingerprint density at radius 3 is 2.86 bits per heavy atom. The second-order valence-corrected chi connectivity index (χ2v) is 7.15. The number of urea groups is 1. The highest BCUT2D eigenvalue weighted by Gasteiger charge is 2.26. The molecule has 1 atom stereocenters. The van der Waals surface area contributed by atoms with Gasteiger partial charge in [0.25, 0.3) is 0 Å². The van der Waals surface area contributed by atoms with Gasteiger partial charge in [0.2, 0.25) is 0 Å². The predicted octanol–water partition coefficient (Wildman–Crippen LogP) is 2.94. The summed E-state index contributed by atoms with van der Waals surface area (Å²) in [5.41, 5.74) is 0. The number of hydrogen-bond donors (Lipinski definition) is 1. The molecule has 2 aromatic rings. The highest BCUT2D eigenvalue weighted by atomic mass is 19.1. The number of nitrogens with zero attached hydrogens (tertiary/aromatic N) is 6. The number of alkyl halides is 1. The normalized spacial score (nSPS) is 16.0. The summed E-state index contributed by atoms with van der Waals surface area (Å²) in [6.07, 6.45) is 5.45. The quantitative estimate of drug-likeness (QED) is 0.788. The standard InChI is InChI=1S/C19H28FN7O/c1-3-5-15(20)14-27-13-9-17(24-27)22-19(28)25(2)16-7-11-26(12-8-16)18-6-4-10-21-23-18/h4,6,9-10,13,15-16H,3,5,7-8,11-12,14H2,1-2H3,(H,22,24,28). The van der Waals surface area contributed by atoms with Crippen molar-refractivity contribution in [2.24, 2.45) is 0 Å². The van der Waals surface area contributed by atoms with Gasteiger partial charge in [0.15, 0.2) is 11.6 Å². The fourth-order valence-electron chi connectivity index (χ4n) is 3.45. The topological polar surface area (TPSA) is 79.2 Å². The molecule has 1 unspecified atom stereocenters. The van der Waals surface area contributed by atoms with Crippen LogP contribution in [0.4, 0.5) is 20.8 Å². The lowest BCUT2D eigenvalue weighted by Gasteiger charge is -2.36. The number of carbonyl (C=O) groups excluding carboxylic acids is 1. The minimum absolute atomic E-state index is 0.148. The van der Waals surface area contributed by atoms with Gasteiger partial charge in [-0.15, -0.1) is 5.10 Å². The second kappa shape index (κ2) is 9.48. The maximum atomic E-state index is 13.7. The molecule has 28 heavy (non-hydrogen) atoms. The minimum Gasteiger partial charge on any atom is -0.355 e. The summed E-state index contributed by atoms with van der Waals surface area (Å²) in [6.45, 7) is 3.81. The fraction of sp³-hybridized carbons (Fsp3) is 0.579. The average Bonchev–Trinajstić information content (AvgIpc) is 3.15. The van der Waals surface area contributed by atoms with Crippen LogP contribution in [0.5, 0.6) is 0 Å². The maximum Gasteiger partial charge on any atom is 0.323 e. The molecule has 2 amide bonds. The van der Waals surface area contributed by atoms with Gasteiger partial charge in [-0.05, 0) is 31.4 Å². The highest BCUT2D eigenvalue weighted by molar-refractivity contribution is 5.88. The van der Waals surface area contributed by atoms with Gasteiger partial charge in [0.1, 0.15) is 6.17 Å². The van der Waals surface area contributed by atoms with Crippen LogP contribution in [0, 0.1) is 0 Å². The summed E-state index contributed by atoms with van der Waals surface area (Å²) >= 11 is 0. The summed E-state index contributed by atoms with van der Waals surface area (Å²) < 4.78 is 15.3. The van der Waals surface area contributed by atoms with E-state index < -0.39 is 6.17 Å². The number of aromatic nitrogens is 4. The van der Waals surface area contributed by atoms with Crippen LogP contribution >= 0.6 is 0 Å². The average molecular weight is 389 g/mol. The fourth-order valence-corrected chi connectivity index (χ4v) is 3.45. The summed E-state index contributed by atoms with van der Waals surface area (Å²) in [6, 6.07) is 5.47. The van der Waals surface area contributed by atoms with Gasteiger partial charge >= 0.3 is 6.03 Å². The molecule has 3 rings (SSSR count). The van der Waals surface area contributed by atoms with Crippen molar-refractivity contribution in [1.82, 2.24) is 24.9 Å². The smallest absolute Gasteiger partial charge is 0.323 e. The molecule has 2 aromatic heterocycles. The monoisotopic (exact) mass is 389 g/mol. The van der Waals surface area contributed by atoms with Crippen LogP contribution in [-0.2, 0) is 6.54 Å². The van der Waals surface area contributed by atoms with E-state index in [9.17, 15) is 9.18 Å². The SMILES string of the molecule is CCCC(F)Cn1ccc(NC(=O)N(C)C2CCN(c3cccnn3)CC2)n1. The molecule has 0 spiro atoms. The Kier molecular flexibility index (Phi) is 6.78. The number of anilines is 2. The molecule has 0 radical (unpaired) electrons. The van der Waals surface area contributed by atoms with Gasteiger partial charge in [-0.2, -0.15) is 10.2 Å². The molecule has 1 aliphatic heterocycles. The second-order valence-electron chi connectivity index (χ2n) is 7.15. The molecule has 0 aromatic carbocycles. The van der Waals surface area contributed by atoms with E-state index in [0.717, 1.165) is 38.2 Å². The first-order valence-electron chi connectivity index (χ1n) is 9.80. The lowest BCUT2D eigenvalue weighted by Crippen LogP contribution is -2.47. The zero-order valence-electron chi connectivity index (χ0n) is 16.5. The predicted molar refractivity (Wildman–Crippen MR) is 106 cm³/mol. The van der Waals surface area contributed by atoms with E-state index in [1.54, 1.807) is 30.4 Å². The summed E-state index contributed by atoms with van der Waals surface area (Å²) in [4.78, 5) is 16.5. The number of rotatable bonds is 7. The van der Waals surface area contributed by atoms with Crippen molar-refractivity contribution in [2.75, 3.05) is 30.4 Å². The third-order valence-corrected chi connectivity index (χ3v) is 5.08. The van der Waals surface area contributed by atoms with Crippen LogP contribution in [0.3, 0.4) is 0 Å². The van der Waals surface area contributed by atoms with E-state index in [0.29, 0.717) is 12.2 Å². The van der Waals surface area contributed by atoms with Gasteiger partial charge in [0.05, 0.1) is 6.54 Å². The van der Waals surface area contributed by atoms with Crippen molar-refractivity contribution in [3.8, 4) is 0 Å². The molecule has 1 saturated heterocycles. The number of hydrogen-bond acceptors (Lipinski definition) is 5. The maximum absolute atomic E-state index is 13.7. The molecule has 1 aliphatic rings. The van der Waals surface area contributed by atoms with E-state index in [2.05, 4.69) is 25.5 Å². The first-order chi connectivity index (χ1) is 13.6. The minimum atomic E-state index is -0.921. The van der Waals surface area contributed by atoms with Gasteiger partial charge < -0.3 is 9.80 Å².